The molecule has 0 aromatic carbocycles. The second kappa shape index (κ2) is 6.41. The van der Waals surface area contributed by atoms with Gasteiger partial charge in [-0.05, 0) is 30.6 Å². The zero-order valence-electron chi connectivity index (χ0n) is 13.2. The molecule has 2 saturated carbocycles. The maximum atomic E-state index is 12.4. The summed E-state index contributed by atoms with van der Waals surface area (Å²) in [5.74, 6) is 2.88. The third-order valence-electron chi connectivity index (χ3n) is 6.22. The smallest absolute Gasteiger partial charge is 0.139 e. The van der Waals surface area contributed by atoms with Gasteiger partial charge in [-0.3, -0.25) is 4.79 Å². The molecule has 1 heteroatoms. The maximum Gasteiger partial charge on any atom is 0.139 e. The van der Waals surface area contributed by atoms with E-state index in [1.165, 1.54) is 44.9 Å². The summed E-state index contributed by atoms with van der Waals surface area (Å²) in [6, 6.07) is 0. The van der Waals surface area contributed by atoms with Crippen molar-refractivity contribution in [2.24, 2.45) is 23.2 Å². The van der Waals surface area contributed by atoms with Crippen molar-refractivity contribution in [3.63, 3.8) is 0 Å². The van der Waals surface area contributed by atoms with E-state index in [1.807, 2.05) is 0 Å². The van der Waals surface area contributed by atoms with Gasteiger partial charge < -0.3 is 0 Å². The van der Waals surface area contributed by atoms with E-state index >= 15 is 0 Å². The number of carbonyl (C=O) groups excluding carboxylic acids is 1. The fraction of sp³-hybridized carbons (Fsp3) is 0.944. The van der Waals surface area contributed by atoms with E-state index in [-0.39, 0.29) is 5.41 Å². The molecule has 0 unspecified atom stereocenters. The Morgan fingerprint density at radius 2 is 1.89 bits per heavy atom. The third-order valence-corrected chi connectivity index (χ3v) is 6.22. The van der Waals surface area contributed by atoms with E-state index in [0.29, 0.717) is 11.7 Å². The van der Waals surface area contributed by atoms with Crippen molar-refractivity contribution >= 4 is 5.78 Å². The number of Topliss-reactive ketones (excluding diaryl/α,β-unsaturated/α-hetero) is 1. The summed E-state index contributed by atoms with van der Waals surface area (Å²) in [5.41, 5.74) is 0.00682. The summed E-state index contributed by atoms with van der Waals surface area (Å²) in [4.78, 5) is 12.4. The van der Waals surface area contributed by atoms with Gasteiger partial charge in [0.15, 0.2) is 0 Å². The van der Waals surface area contributed by atoms with Crippen LogP contribution in [0.25, 0.3) is 0 Å². The van der Waals surface area contributed by atoms with Crippen molar-refractivity contribution in [2.75, 3.05) is 0 Å². The Morgan fingerprint density at radius 1 is 1.21 bits per heavy atom. The van der Waals surface area contributed by atoms with Crippen molar-refractivity contribution in [1.29, 1.82) is 0 Å². The van der Waals surface area contributed by atoms with Gasteiger partial charge in [-0.1, -0.05) is 65.7 Å². The van der Waals surface area contributed by atoms with Crippen LogP contribution in [0, 0.1) is 23.2 Å². The Balaban J connectivity index is 2.05. The number of hydrogen-bond acceptors (Lipinski definition) is 1. The van der Waals surface area contributed by atoms with E-state index in [9.17, 15) is 4.79 Å². The lowest BCUT2D eigenvalue weighted by atomic mass is 9.65. The van der Waals surface area contributed by atoms with Crippen LogP contribution in [0.1, 0.15) is 85.0 Å². The first-order valence-corrected chi connectivity index (χ1v) is 8.63. The SMILES string of the molecule is CCCC[C@]1(C)C(=O)CC[C@H]1[C@H](C)C1CCCCC1. The van der Waals surface area contributed by atoms with E-state index in [2.05, 4.69) is 20.8 Å². The first-order chi connectivity index (χ1) is 9.09. The molecule has 0 aliphatic heterocycles. The summed E-state index contributed by atoms with van der Waals surface area (Å²) in [7, 11) is 0. The van der Waals surface area contributed by atoms with Crippen LogP contribution in [0.3, 0.4) is 0 Å². The maximum absolute atomic E-state index is 12.4. The fourth-order valence-electron chi connectivity index (χ4n) is 4.80. The average Bonchev–Trinajstić information content (AvgIpc) is 2.73. The van der Waals surface area contributed by atoms with Gasteiger partial charge in [0.05, 0.1) is 0 Å². The lowest BCUT2D eigenvalue weighted by molar-refractivity contribution is -0.127. The molecular formula is C18H32O. The molecule has 3 atom stereocenters. The van der Waals surface area contributed by atoms with Crippen LogP contribution >= 0.6 is 0 Å². The molecule has 2 rings (SSSR count). The normalized spacial score (nSPS) is 34.7. The summed E-state index contributed by atoms with van der Waals surface area (Å²) >= 11 is 0. The minimum atomic E-state index is 0.00682. The van der Waals surface area contributed by atoms with Crippen LogP contribution in [-0.2, 0) is 4.79 Å². The van der Waals surface area contributed by atoms with E-state index in [1.54, 1.807) is 0 Å². The molecule has 1 nitrogen and oxygen atoms in total. The van der Waals surface area contributed by atoms with Crippen molar-refractivity contribution in [3.05, 3.63) is 0 Å². The van der Waals surface area contributed by atoms with Crippen molar-refractivity contribution in [2.45, 2.75) is 85.0 Å². The zero-order chi connectivity index (χ0) is 13.9. The van der Waals surface area contributed by atoms with Gasteiger partial charge in [-0.2, -0.15) is 0 Å². The number of carbonyl (C=O) groups is 1. The molecule has 0 amide bonds. The molecular weight excluding hydrogens is 232 g/mol. The van der Waals surface area contributed by atoms with Crippen LogP contribution in [0.2, 0.25) is 0 Å². The van der Waals surface area contributed by atoms with Crippen LogP contribution in [0.4, 0.5) is 0 Å². The number of rotatable bonds is 5. The largest absolute Gasteiger partial charge is 0.299 e. The van der Waals surface area contributed by atoms with Gasteiger partial charge in [0, 0.05) is 11.8 Å². The van der Waals surface area contributed by atoms with Crippen molar-refractivity contribution < 1.29 is 4.79 Å². The monoisotopic (exact) mass is 264 g/mol. The minimum absolute atomic E-state index is 0.00682. The first-order valence-electron chi connectivity index (χ1n) is 8.63. The van der Waals surface area contributed by atoms with Crippen LogP contribution in [0.15, 0.2) is 0 Å². The van der Waals surface area contributed by atoms with Gasteiger partial charge in [0.2, 0.25) is 0 Å². The van der Waals surface area contributed by atoms with Crippen molar-refractivity contribution in [3.8, 4) is 0 Å². The highest BCUT2D eigenvalue weighted by molar-refractivity contribution is 5.86. The van der Waals surface area contributed by atoms with E-state index in [4.69, 9.17) is 0 Å². The molecule has 2 aliphatic rings. The standard InChI is InChI=1S/C18H32O/c1-4-5-13-18(3)16(11-12-17(18)19)14(2)15-9-7-6-8-10-15/h14-16H,4-13H2,1-3H3/t14-,16+,18+/m1/s1. The predicted octanol–water partition coefficient (Wildman–Crippen LogP) is 5.38. The summed E-state index contributed by atoms with van der Waals surface area (Å²) < 4.78 is 0. The van der Waals surface area contributed by atoms with Gasteiger partial charge in [0.1, 0.15) is 5.78 Å². The molecule has 0 radical (unpaired) electrons. The molecule has 0 N–H and O–H groups in total. The van der Waals surface area contributed by atoms with Crippen LogP contribution in [-0.4, -0.2) is 5.78 Å². The molecule has 0 heterocycles. The molecule has 0 bridgehead atoms. The zero-order valence-corrected chi connectivity index (χ0v) is 13.2. The van der Waals surface area contributed by atoms with Gasteiger partial charge in [-0.25, -0.2) is 0 Å². The molecule has 19 heavy (non-hydrogen) atoms. The molecule has 0 aromatic rings. The molecule has 0 saturated heterocycles. The Morgan fingerprint density at radius 3 is 2.53 bits per heavy atom. The third kappa shape index (κ3) is 3.06. The van der Waals surface area contributed by atoms with Crippen LogP contribution in [0.5, 0.6) is 0 Å². The Hall–Kier alpha value is -0.330. The summed E-state index contributed by atoms with van der Waals surface area (Å²) in [6.45, 7) is 6.97. The van der Waals surface area contributed by atoms with Crippen molar-refractivity contribution in [1.82, 2.24) is 0 Å². The highest BCUT2D eigenvalue weighted by Gasteiger charge is 2.48. The quantitative estimate of drug-likeness (QED) is 0.651. The highest BCUT2D eigenvalue weighted by atomic mass is 16.1. The number of unbranched alkanes of at least 4 members (excludes halogenated alkanes) is 1. The molecule has 2 fully saturated rings. The second-order valence-corrected chi connectivity index (χ2v) is 7.35. The van der Waals surface area contributed by atoms with E-state index in [0.717, 1.165) is 31.1 Å². The van der Waals surface area contributed by atoms with Gasteiger partial charge >= 0.3 is 0 Å². The molecule has 0 spiro atoms. The molecule has 110 valence electrons. The average molecular weight is 264 g/mol. The number of hydrogen-bond donors (Lipinski definition) is 0. The van der Waals surface area contributed by atoms with Crippen LogP contribution < -0.4 is 0 Å². The Bertz CT molecular complexity index is 303. The lowest BCUT2D eigenvalue weighted by Gasteiger charge is -2.39. The highest BCUT2D eigenvalue weighted by Crippen LogP contribution is 2.51. The summed E-state index contributed by atoms with van der Waals surface area (Å²) in [5, 5.41) is 0. The Kier molecular flexibility index (Phi) is 5.09. The minimum Gasteiger partial charge on any atom is -0.299 e. The number of ketones is 1. The first kappa shape index (κ1) is 15.1. The Labute approximate surface area is 119 Å². The topological polar surface area (TPSA) is 17.1 Å². The van der Waals surface area contributed by atoms with Gasteiger partial charge in [0.25, 0.3) is 0 Å². The van der Waals surface area contributed by atoms with E-state index < -0.39 is 0 Å². The second-order valence-electron chi connectivity index (χ2n) is 7.35. The summed E-state index contributed by atoms with van der Waals surface area (Å²) in [6.07, 6.45) is 12.7. The van der Waals surface area contributed by atoms with Gasteiger partial charge in [-0.15, -0.1) is 0 Å². The molecule has 0 aromatic heterocycles. The lowest BCUT2D eigenvalue weighted by Crippen LogP contribution is -2.35. The fourth-order valence-corrected chi connectivity index (χ4v) is 4.80. The molecule has 2 aliphatic carbocycles. The predicted molar refractivity (Wildman–Crippen MR) is 81.1 cm³/mol.